The van der Waals surface area contributed by atoms with Gasteiger partial charge in [0, 0.05) is 18.8 Å². The van der Waals surface area contributed by atoms with Gasteiger partial charge in [-0.15, -0.1) is 11.8 Å². The Labute approximate surface area is 172 Å². The van der Waals surface area contributed by atoms with Gasteiger partial charge in [-0.1, -0.05) is 74.5 Å². The molecule has 1 N–H and O–H groups in total. The lowest BCUT2D eigenvalue weighted by molar-refractivity contribution is -0.138. The maximum atomic E-state index is 12.9. The van der Waals surface area contributed by atoms with Gasteiger partial charge in [-0.25, -0.2) is 0 Å². The van der Waals surface area contributed by atoms with E-state index in [9.17, 15) is 9.59 Å². The lowest BCUT2D eigenvalue weighted by atomic mass is 10.1. The molecule has 0 saturated carbocycles. The number of hydrogen-bond acceptors (Lipinski definition) is 3. The molecule has 28 heavy (non-hydrogen) atoms. The molecule has 1 atom stereocenters. The molecule has 2 amide bonds. The lowest BCUT2D eigenvalue weighted by Crippen LogP contribution is -2.48. The number of nitrogens with one attached hydrogen (secondary N) is 1. The highest BCUT2D eigenvalue weighted by Gasteiger charge is 2.25. The Hall–Kier alpha value is -2.27. The van der Waals surface area contributed by atoms with Crippen molar-refractivity contribution >= 4 is 23.6 Å². The van der Waals surface area contributed by atoms with Crippen LogP contribution in [0.5, 0.6) is 0 Å². The minimum absolute atomic E-state index is 0.0167. The van der Waals surface area contributed by atoms with Crippen LogP contribution in [0.2, 0.25) is 0 Å². The van der Waals surface area contributed by atoms with Crippen LogP contribution in [0.25, 0.3) is 0 Å². The average molecular weight is 399 g/mol. The van der Waals surface area contributed by atoms with Gasteiger partial charge in [0.2, 0.25) is 11.8 Å². The van der Waals surface area contributed by atoms with E-state index in [1.54, 1.807) is 23.6 Å². The number of carbonyl (C=O) groups is 2. The summed E-state index contributed by atoms with van der Waals surface area (Å²) in [7, 11) is 0. The van der Waals surface area contributed by atoms with Crippen molar-refractivity contribution in [3.63, 3.8) is 0 Å². The van der Waals surface area contributed by atoms with Crippen LogP contribution in [-0.2, 0) is 21.9 Å². The summed E-state index contributed by atoms with van der Waals surface area (Å²) in [5, 5.41) is 2.95. The van der Waals surface area contributed by atoms with E-state index in [-0.39, 0.29) is 11.8 Å². The van der Waals surface area contributed by atoms with Crippen LogP contribution in [0.4, 0.5) is 0 Å². The van der Waals surface area contributed by atoms with Crippen molar-refractivity contribution in [3.8, 4) is 0 Å². The van der Waals surface area contributed by atoms with Crippen molar-refractivity contribution in [2.75, 3.05) is 12.3 Å². The van der Waals surface area contributed by atoms with Gasteiger partial charge in [0.25, 0.3) is 0 Å². The molecule has 0 aromatic heterocycles. The van der Waals surface area contributed by atoms with Gasteiger partial charge in [0.05, 0.1) is 5.75 Å². The Balaban J connectivity index is 2.01. The van der Waals surface area contributed by atoms with Crippen molar-refractivity contribution in [2.45, 2.75) is 39.1 Å². The molecule has 2 aromatic rings. The molecule has 5 heteroatoms. The lowest BCUT2D eigenvalue weighted by Gasteiger charge is -2.29. The Morgan fingerprint density at radius 1 is 0.929 bits per heavy atom. The number of amides is 2. The van der Waals surface area contributed by atoms with Crippen molar-refractivity contribution < 1.29 is 9.59 Å². The van der Waals surface area contributed by atoms with E-state index >= 15 is 0 Å². The maximum absolute atomic E-state index is 12.9. The highest BCUT2D eigenvalue weighted by Crippen LogP contribution is 2.16. The Morgan fingerprint density at radius 3 is 2.07 bits per heavy atom. The van der Waals surface area contributed by atoms with Crippen LogP contribution in [0.3, 0.4) is 0 Å². The van der Waals surface area contributed by atoms with E-state index in [2.05, 4.69) is 31.3 Å². The van der Waals surface area contributed by atoms with E-state index in [1.807, 2.05) is 48.5 Å². The fraction of sp³-hybridized carbons (Fsp3) is 0.391. The van der Waals surface area contributed by atoms with Gasteiger partial charge in [0.1, 0.15) is 6.04 Å². The molecule has 0 unspecified atom stereocenters. The largest absolute Gasteiger partial charge is 0.354 e. The first-order valence-electron chi connectivity index (χ1n) is 9.70. The van der Waals surface area contributed by atoms with Gasteiger partial charge in [-0.2, -0.15) is 0 Å². The van der Waals surface area contributed by atoms with Gasteiger partial charge in [-0.3, -0.25) is 9.59 Å². The van der Waals surface area contributed by atoms with Gasteiger partial charge >= 0.3 is 0 Å². The van der Waals surface area contributed by atoms with Crippen molar-refractivity contribution in [1.29, 1.82) is 0 Å². The van der Waals surface area contributed by atoms with E-state index in [1.165, 1.54) is 5.56 Å². The number of benzene rings is 2. The average Bonchev–Trinajstić information content (AvgIpc) is 2.71. The minimum Gasteiger partial charge on any atom is -0.354 e. The van der Waals surface area contributed by atoms with Gasteiger partial charge in [-0.05, 0) is 24.0 Å². The molecule has 0 radical (unpaired) electrons. The molecule has 4 nitrogen and oxygen atoms in total. The quantitative estimate of drug-likeness (QED) is 0.655. The second-order valence-corrected chi connectivity index (χ2v) is 8.29. The predicted octanol–water partition coefficient (Wildman–Crippen LogP) is 4.11. The SMILES string of the molecule is CC(C)CNC(=O)[C@H](C)N(Cc1ccccc1)C(=O)CSCc1ccccc1. The van der Waals surface area contributed by atoms with E-state index < -0.39 is 6.04 Å². The number of carbonyl (C=O) groups excluding carboxylic acids is 2. The standard InChI is InChI=1S/C23H30N2O2S/c1-18(2)14-24-23(27)19(3)25(15-20-10-6-4-7-11-20)22(26)17-28-16-21-12-8-5-9-13-21/h4-13,18-19H,14-17H2,1-3H3,(H,24,27)/t19-/m0/s1. The molecule has 0 aliphatic carbocycles. The number of rotatable bonds is 10. The van der Waals surface area contributed by atoms with Crippen molar-refractivity contribution in [1.82, 2.24) is 10.2 Å². The third kappa shape index (κ3) is 7.39. The fourth-order valence-corrected chi connectivity index (χ4v) is 3.60. The minimum atomic E-state index is -0.510. The molecule has 0 heterocycles. The Morgan fingerprint density at radius 2 is 1.50 bits per heavy atom. The second kappa shape index (κ2) is 11.5. The maximum Gasteiger partial charge on any atom is 0.242 e. The highest BCUT2D eigenvalue weighted by atomic mass is 32.2. The monoisotopic (exact) mass is 398 g/mol. The van der Waals surface area contributed by atoms with Crippen LogP contribution >= 0.6 is 11.8 Å². The molecule has 150 valence electrons. The molecule has 0 aliphatic rings. The summed E-state index contributed by atoms with van der Waals surface area (Å²) in [5.41, 5.74) is 2.21. The van der Waals surface area contributed by atoms with E-state index in [0.29, 0.717) is 24.8 Å². The van der Waals surface area contributed by atoms with Crippen LogP contribution < -0.4 is 5.32 Å². The van der Waals surface area contributed by atoms with Gasteiger partial charge in [0.15, 0.2) is 0 Å². The Kier molecular flexibility index (Phi) is 9.08. The molecule has 0 saturated heterocycles. The van der Waals surface area contributed by atoms with Crippen LogP contribution in [0.15, 0.2) is 60.7 Å². The van der Waals surface area contributed by atoms with Crippen LogP contribution in [0, 0.1) is 5.92 Å². The summed E-state index contributed by atoms with van der Waals surface area (Å²) in [5.74, 6) is 1.38. The topological polar surface area (TPSA) is 49.4 Å². The summed E-state index contributed by atoms with van der Waals surface area (Å²) in [6.45, 7) is 6.95. The molecule has 0 fully saturated rings. The third-order valence-corrected chi connectivity index (χ3v) is 5.37. The fourth-order valence-electron chi connectivity index (χ4n) is 2.73. The smallest absolute Gasteiger partial charge is 0.242 e. The van der Waals surface area contributed by atoms with Crippen molar-refractivity contribution in [3.05, 3.63) is 71.8 Å². The Bertz CT molecular complexity index is 735. The number of thioether (sulfide) groups is 1. The van der Waals surface area contributed by atoms with Crippen LogP contribution in [-0.4, -0.2) is 35.1 Å². The van der Waals surface area contributed by atoms with Crippen LogP contribution in [0.1, 0.15) is 31.9 Å². The zero-order valence-corrected chi connectivity index (χ0v) is 17.7. The highest BCUT2D eigenvalue weighted by molar-refractivity contribution is 7.99. The summed E-state index contributed by atoms with van der Waals surface area (Å²) in [6, 6.07) is 19.4. The first-order valence-corrected chi connectivity index (χ1v) is 10.9. The molecule has 2 aromatic carbocycles. The molecule has 2 rings (SSSR count). The number of hydrogen-bond donors (Lipinski definition) is 1. The molecule has 0 aliphatic heterocycles. The normalized spacial score (nSPS) is 11.9. The summed E-state index contributed by atoms with van der Waals surface area (Å²) in [4.78, 5) is 27.2. The predicted molar refractivity (Wildman–Crippen MR) is 117 cm³/mol. The van der Waals surface area contributed by atoms with E-state index in [4.69, 9.17) is 0 Å². The summed E-state index contributed by atoms with van der Waals surface area (Å²) >= 11 is 1.58. The summed E-state index contributed by atoms with van der Waals surface area (Å²) in [6.07, 6.45) is 0. The molecular formula is C23H30N2O2S. The zero-order valence-electron chi connectivity index (χ0n) is 16.9. The van der Waals surface area contributed by atoms with E-state index in [0.717, 1.165) is 11.3 Å². The first-order chi connectivity index (χ1) is 13.5. The first kappa shape index (κ1) is 22.0. The summed E-state index contributed by atoms with van der Waals surface area (Å²) < 4.78 is 0. The van der Waals surface area contributed by atoms with Crippen molar-refractivity contribution in [2.24, 2.45) is 5.92 Å². The third-order valence-electron chi connectivity index (χ3n) is 4.38. The second-order valence-electron chi connectivity index (χ2n) is 7.30. The number of nitrogens with zero attached hydrogens (tertiary/aromatic N) is 1. The molecule has 0 bridgehead atoms. The molecular weight excluding hydrogens is 368 g/mol. The zero-order chi connectivity index (χ0) is 20.4. The molecule has 0 spiro atoms. The van der Waals surface area contributed by atoms with Gasteiger partial charge < -0.3 is 10.2 Å².